The largest absolute Gasteiger partial charge is 0.481 e. The number of hydrogen-bond donors (Lipinski definition) is 3. The zero-order valence-corrected chi connectivity index (χ0v) is 14.0. The fraction of sp³-hybridized carbons (Fsp3) is 0.429. The van der Waals surface area contributed by atoms with Gasteiger partial charge in [-0.1, -0.05) is 6.07 Å². The van der Waals surface area contributed by atoms with Gasteiger partial charge in [0.2, 0.25) is 5.91 Å². The highest BCUT2D eigenvalue weighted by Gasteiger charge is 2.25. The lowest BCUT2D eigenvalue weighted by molar-refractivity contribution is -0.140. The molecule has 1 aromatic heterocycles. The van der Waals surface area contributed by atoms with E-state index in [0.29, 0.717) is 4.88 Å². The summed E-state index contributed by atoms with van der Waals surface area (Å²) in [6.07, 6.45) is -0.318. The molecule has 1 amide bonds. The van der Waals surface area contributed by atoms with E-state index in [1.807, 2.05) is 0 Å². The normalized spacial score (nSPS) is 13.1. The van der Waals surface area contributed by atoms with E-state index in [1.54, 1.807) is 17.5 Å². The Balaban J connectivity index is 2.63. The highest BCUT2D eigenvalue weighted by atomic mass is 32.2. The molecule has 126 valence electrons. The SMILES string of the molecule is CC(=O)N[C@@H](CSCC(CC(=O)O)C(=O)c1cccs1)C(=O)O. The number of amides is 1. The van der Waals surface area contributed by atoms with Gasteiger partial charge < -0.3 is 15.5 Å². The van der Waals surface area contributed by atoms with Crippen molar-refractivity contribution in [2.45, 2.75) is 19.4 Å². The number of carbonyl (C=O) groups excluding carboxylic acids is 2. The summed E-state index contributed by atoms with van der Waals surface area (Å²) in [5.41, 5.74) is 0. The Morgan fingerprint density at radius 2 is 1.96 bits per heavy atom. The number of carbonyl (C=O) groups is 4. The van der Waals surface area contributed by atoms with Gasteiger partial charge in [0.1, 0.15) is 6.04 Å². The third-order valence-electron chi connectivity index (χ3n) is 2.83. The van der Waals surface area contributed by atoms with E-state index < -0.39 is 29.8 Å². The monoisotopic (exact) mass is 359 g/mol. The number of hydrogen-bond acceptors (Lipinski definition) is 6. The van der Waals surface area contributed by atoms with Crippen LogP contribution in [0.3, 0.4) is 0 Å². The Bertz CT molecular complexity index is 572. The zero-order valence-electron chi connectivity index (χ0n) is 12.4. The van der Waals surface area contributed by atoms with Crippen LogP contribution in [0, 0.1) is 5.92 Å². The van der Waals surface area contributed by atoms with E-state index >= 15 is 0 Å². The summed E-state index contributed by atoms with van der Waals surface area (Å²) in [4.78, 5) is 45.7. The van der Waals surface area contributed by atoms with Crippen LogP contribution in [0.25, 0.3) is 0 Å². The van der Waals surface area contributed by atoms with Gasteiger partial charge in [-0.05, 0) is 11.4 Å². The maximum atomic E-state index is 12.3. The Hall–Kier alpha value is -1.87. The molecular weight excluding hydrogens is 342 g/mol. The predicted octanol–water partition coefficient (Wildman–Crippen LogP) is 1.34. The molecule has 1 unspecified atom stereocenters. The molecule has 2 atom stereocenters. The minimum absolute atomic E-state index is 0.0583. The number of nitrogens with one attached hydrogen (secondary N) is 1. The van der Waals surface area contributed by atoms with Gasteiger partial charge in [0.05, 0.1) is 11.3 Å². The first-order valence-electron chi connectivity index (χ1n) is 6.68. The lowest BCUT2D eigenvalue weighted by Gasteiger charge is -2.16. The number of carboxylic acids is 2. The van der Waals surface area contributed by atoms with E-state index in [-0.39, 0.29) is 23.7 Å². The number of rotatable bonds is 10. The molecule has 1 heterocycles. The number of thiophene rings is 1. The molecule has 0 spiro atoms. The van der Waals surface area contributed by atoms with E-state index in [4.69, 9.17) is 10.2 Å². The van der Waals surface area contributed by atoms with E-state index in [2.05, 4.69) is 5.32 Å². The van der Waals surface area contributed by atoms with Crippen molar-refractivity contribution < 1.29 is 29.4 Å². The average Bonchev–Trinajstić information content (AvgIpc) is 2.97. The van der Waals surface area contributed by atoms with Crippen molar-refractivity contribution in [3.8, 4) is 0 Å². The standard InChI is InChI=1S/C14H17NO6S2/c1-8(16)15-10(14(20)21)7-22-6-9(5-12(17)18)13(19)11-3-2-4-23-11/h2-4,9-10H,5-7H2,1H3,(H,15,16)(H,17,18)(H,20,21)/t9?,10-/m0/s1. The third-order valence-corrected chi connectivity index (χ3v) is 4.93. The van der Waals surface area contributed by atoms with Crippen LogP contribution >= 0.6 is 23.1 Å². The summed E-state index contributed by atoms with van der Waals surface area (Å²) in [5.74, 6) is -3.49. The zero-order chi connectivity index (χ0) is 17.4. The summed E-state index contributed by atoms with van der Waals surface area (Å²) in [6, 6.07) is 2.27. The van der Waals surface area contributed by atoms with Crippen LogP contribution < -0.4 is 5.32 Å². The van der Waals surface area contributed by atoms with Crippen molar-refractivity contribution in [1.82, 2.24) is 5.32 Å². The molecule has 0 aromatic carbocycles. The van der Waals surface area contributed by atoms with Gasteiger partial charge in [-0.3, -0.25) is 14.4 Å². The molecule has 1 aromatic rings. The minimum Gasteiger partial charge on any atom is -0.481 e. The van der Waals surface area contributed by atoms with Gasteiger partial charge in [0.15, 0.2) is 5.78 Å². The Labute approximate surface area is 141 Å². The maximum Gasteiger partial charge on any atom is 0.327 e. The van der Waals surface area contributed by atoms with Gasteiger partial charge in [0.25, 0.3) is 0 Å². The molecule has 23 heavy (non-hydrogen) atoms. The predicted molar refractivity (Wildman–Crippen MR) is 87.0 cm³/mol. The first-order valence-corrected chi connectivity index (χ1v) is 8.71. The highest BCUT2D eigenvalue weighted by Crippen LogP contribution is 2.21. The van der Waals surface area contributed by atoms with Crippen molar-refractivity contribution >= 4 is 46.7 Å². The molecule has 0 saturated carbocycles. The summed E-state index contributed by atoms with van der Waals surface area (Å²) >= 11 is 2.37. The van der Waals surface area contributed by atoms with Gasteiger partial charge in [-0.15, -0.1) is 11.3 Å². The first-order chi connectivity index (χ1) is 10.8. The summed E-state index contributed by atoms with van der Waals surface area (Å²) in [5, 5.41) is 22.0. The van der Waals surface area contributed by atoms with Crippen molar-refractivity contribution in [3.63, 3.8) is 0 Å². The molecule has 0 aliphatic carbocycles. The molecule has 3 N–H and O–H groups in total. The van der Waals surface area contributed by atoms with E-state index in [0.717, 1.165) is 11.8 Å². The second-order valence-corrected chi connectivity index (χ2v) is 6.79. The van der Waals surface area contributed by atoms with Crippen LogP contribution in [0.15, 0.2) is 17.5 Å². The summed E-state index contributed by atoms with van der Waals surface area (Å²) in [7, 11) is 0. The second-order valence-electron chi connectivity index (χ2n) is 4.77. The van der Waals surface area contributed by atoms with Gasteiger partial charge in [-0.25, -0.2) is 4.79 Å². The number of Topliss-reactive ketones (excluding diaryl/α,β-unsaturated/α-hetero) is 1. The van der Waals surface area contributed by atoms with E-state index in [1.165, 1.54) is 18.3 Å². The fourth-order valence-electron chi connectivity index (χ4n) is 1.81. The van der Waals surface area contributed by atoms with Crippen molar-refractivity contribution in [3.05, 3.63) is 22.4 Å². The second kappa shape index (κ2) is 9.31. The van der Waals surface area contributed by atoms with E-state index in [9.17, 15) is 19.2 Å². The Kier molecular flexibility index (Phi) is 7.76. The number of carboxylic acid groups (broad SMARTS) is 2. The van der Waals surface area contributed by atoms with Crippen LogP contribution in [0.1, 0.15) is 23.0 Å². The first kappa shape index (κ1) is 19.2. The number of ketones is 1. The third kappa shape index (κ3) is 6.83. The molecular formula is C14H17NO6S2. The average molecular weight is 359 g/mol. The molecule has 0 saturated heterocycles. The van der Waals surface area contributed by atoms with Gasteiger partial charge >= 0.3 is 11.9 Å². The molecule has 0 aliphatic heterocycles. The maximum absolute atomic E-state index is 12.3. The topological polar surface area (TPSA) is 121 Å². The summed E-state index contributed by atoms with van der Waals surface area (Å²) < 4.78 is 0. The molecule has 0 aliphatic rings. The number of aliphatic carboxylic acids is 2. The minimum atomic E-state index is -1.17. The fourth-order valence-corrected chi connectivity index (χ4v) is 3.70. The lowest BCUT2D eigenvalue weighted by Crippen LogP contribution is -2.41. The van der Waals surface area contributed by atoms with Crippen molar-refractivity contribution in [1.29, 1.82) is 0 Å². The van der Waals surface area contributed by atoms with Gasteiger partial charge in [-0.2, -0.15) is 11.8 Å². The van der Waals surface area contributed by atoms with Gasteiger partial charge in [0, 0.05) is 24.3 Å². The lowest BCUT2D eigenvalue weighted by atomic mass is 10.0. The molecule has 0 radical (unpaired) electrons. The van der Waals surface area contributed by atoms with Crippen molar-refractivity contribution in [2.24, 2.45) is 5.92 Å². The van der Waals surface area contributed by atoms with Crippen LogP contribution in [0.5, 0.6) is 0 Å². The molecule has 7 nitrogen and oxygen atoms in total. The molecule has 0 bridgehead atoms. The van der Waals surface area contributed by atoms with Crippen molar-refractivity contribution in [2.75, 3.05) is 11.5 Å². The number of thioether (sulfide) groups is 1. The summed E-state index contributed by atoms with van der Waals surface area (Å²) in [6.45, 7) is 1.22. The highest BCUT2D eigenvalue weighted by molar-refractivity contribution is 7.99. The Morgan fingerprint density at radius 3 is 2.43 bits per heavy atom. The van der Waals surface area contributed by atoms with Crippen LogP contribution in [-0.2, 0) is 14.4 Å². The molecule has 1 rings (SSSR count). The van der Waals surface area contributed by atoms with Crippen LogP contribution in [0.2, 0.25) is 0 Å². The molecule has 9 heteroatoms. The Morgan fingerprint density at radius 1 is 1.26 bits per heavy atom. The smallest absolute Gasteiger partial charge is 0.327 e. The molecule has 0 fully saturated rings. The van der Waals surface area contributed by atoms with Crippen LogP contribution in [0.4, 0.5) is 0 Å². The van der Waals surface area contributed by atoms with Crippen LogP contribution in [-0.4, -0.2) is 51.4 Å². The quantitative estimate of drug-likeness (QED) is 0.539.